The molecule has 2 aromatic carbocycles. The van der Waals surface area contributed by atoms with Gasteiger partial charge in [0, 0.05) is 10.2 Å². The monoisotopic (exact) mass is 361 g/mol. The van der Waals surface area contributed by atoms with Crippen LogP contribution in [0.4, 0.5) is 5.69 Å². The fraction of sp³-hybridized carbons (Fsp3) is 0.235. The lowest BCUT2D eigenvalue weighted by atomic mass is 10.1. The molecule has 1 aliphatic heterocycles. The molecule has 1 amide bonds. The molecule has 0 bridgehead atoms. The van der Waals surface area contributed by atoms with Crippen LogP contribution in [-0.2, 0) is 4.79 Å². The molecule has 21 heavy (non-hydrogen) atoms. The molecule has 0 spiro atoms. The van der Waals surface area contributed by atoms with E-state index in [1.807, 2.05) is 17.0 Å². The number of rotatable bonds is 2. The first kappa shape index (κ1) is 14.7. The number of halogens is 1. The Morgan fingerprint density at radius 3 is 2.33 bits per heavy atom. The number of aryl methyl sites for hydroxylation is 2. The molecule has 0 aromatic heterocycles. The SMILES string of the molecule is Cc1cc(C)cc(N2C(=O)CS[C@H]2c2ccc(Br)cc2)c1. The average molecular weight is 362 g/mol. The van der Waals surface area contributed by atoms with Gasteiger partial charge in [-0.3, -0.25) is 9.69 Å². The number of benzene rings is 2. The third-order valence-electron chi connectivity index (χ3n) is 3.51. The van der Waals surface area contributed by atoms with Gasteiger partial charge in [0.2, 0.25) is 5.91 Å². The van der Waals surface area contributed by atoms with Crippen LogP contribution in [0.5, 0.6) is 0 Å². The highest BCUT2D eigenvalue weighted by Gasteiger charge is 2.34. The largest absolute Gasteiger partial charge is 0.295 e. The van der Waals surface area contributed by atoms with E-state index in [9.17, 15) is 4.79 Å². The van der Waals surface area contributed by atoms with Gasteiger partial charge in [0.15, 0.2) is 0 Å². The van der Waals surface area contributed by atoms with Crippen molar-refractivity contribution in [1.29, 1.82) is 0 Å². The number of anilines is 1. The molecule has 1 aliphatic rings. The molecule has 0 aliphatic carbocycles. The second-order valence-electron chi connectivity index (χ2n) is 5.32. The van der Waals surface area contributed by atoms with Crippen LogP contribution in [0.15, 0.2) is 46.9 Å². The van der Waals surface area contributed by atoms with E-state index >= 15 is 0 Å². The van der Waals surface area contributed by atoms with Crippen LogP contribution >= 0.6 is 27.7 Å². The maximum absolute atomic E-state index is 12.3. The van der Waals surface area contributed by atoms with E-state index in [0.29, 0.717) is 5.75 Å². The summed E-state index contributed by atoms with van der Waals surface area (Å²) >= 11 is 5.14. The number of hydrogen-bond acceptors (Lipinski definition) is 2. The summed E-state index contributed by atoms with van der Waals surface area (Å²) in [5.41, 5.74) is 4.53. The fourth-order valence-electron chi connectivity index (χ4n) is 2.67. The van der Waals surface area contributed by atoms with Crippen molar-refractivity contribution in [1.82, 2.24) is 0 Å². The molecule has 2 aromatic rings. The zero-order valence-electron chi connectivity index (χ0n) is 12.0. The molecule has 1 atom stereocenters. The summed E-state index contributed by atoms with van der Waals surface area (Å²) in [6.45, 7) is 4.14. The third kappa shape index (κ3) is 3.01. The van der Waals surface area contributed by atoms with E-state index in [0.717, 1.165) is 15.7 Å². The molecule has 1 heterocycles. The van der Waals surface area contributed by atoms with Crippen molar-refractivity contribution in [3.05, 3.63) is 63.6 Å². The van der Waals surface area contributed by atoms with E-state index in [1.165, 1.54) is 11.1 Å². The number of thioether (sulfide) groups is 1. The third-order valence-corrected chi connectivity index (χ3v) is 5.25. The summed E-state index contributed by atoms with van der Waals surface area (Å²) in [6.07, 6.45) is 0. The van der Waals surface area contributed by atoms with Crippen LogP contribution < -0.4 is 4.90 Å². The summed E-state index contributed by atoms with van der Waals surface area (Å²) in [5, 5.41) is 0.0619. The van der Waals surface area contributed by atoms with Gasteiger partial charge in [-0.1, -0.05) is 34.1 Å². The summed E-state index contributed by atoms with van der Waals surface area (Å²) in [7, 11) is 0. The van der Waals surface area contributed by atoms with Crippen molar-refractivity contribution < 1.29 is 4.79 Å². The van der Waals surface area contributed by atoms with Gasteiger partial charge in [-0.25, -0.2) is 0 Å². The molecular formula is C17H16BrNOS. The van der Waals surface area contributed by atoms with Crippen molar-refractivity contribution in [3.63, 3.8) is 0 Å². The van der Waals surface area contributed by atoms with E-state index in [-0.39, 0.29) is 11.3 Å². The molecular weight excluding hydrogens is 346 g/mol. The predicted molar refractivity (Wildman–Crippen MR) is 92.7 cm³/mol. The molecule has 108 valence electrons. The lowest BCUT2D eigenvalue weighted by Crippen LogP contribution is -2.27. The van der Waals surface area contributed by atoms with E-state index in [2.05, 4.69) is 60.1 Å². The Hall–Kier alpha value is -1.26. The van der Waals surface area contributed by atoms with Crippen LogP contribution in [0.25, 0.3) is 0 Å². The normalized spacial score (nSPS) is 18.3. The first-order chi connectivity index (χ1) is 10.0. The minimum absolute atomic E-state index is 0.0619. The molecule has 1 fully saturated rings. The predicted octanol–water partition coefficient (Wildman–Crippen LogP) is 4.84. The molecule has 0 N–H and O–H groups in total. The van der Waals surface area contributed by atoms with Gasteiger partial charge in [0.25, 0.3) is 0 Å². The standard InChI is InChI=1S/C17H16BrNOS/c1-11-7-12(2)9-15(8-11)19-16(20)10-21-17(19)13-3-5-14(18)6-4-13/h3-9,17H,10H2,1-2H3/t17-/m0/s1. The van der Waals surface area contributed by atoms with Crippen LogP contribution in [0, 0.1) is 13.8 Å². The number of carbonyl (C=O) groups is 1. The second kappa shape index (κ2) is 5.85. The Kier molecular flexibility index (Phi) is 4.09. The van der Waals surface area contributed by atoms with Crippen LogP contribution in [0.3, 0.4) is 0 Å². The molecule has 1 saturated heterocycles. The lowest BCUT2D eigenvalue weighted by Gasteiger charge is -2.25. The molecule has 2 nitrogen and oxygen atoms in total. The first-order valence-electron chi connectivity index (χ1n) is 6.82. The lowest BCUT2D eigenvalue weighted by molar-refractivity contribution is -0.115. The van der Waals surface area contributed by atoms with E-state index < -0.39 is 0 Å². The molecule has 0 radical (unpaired) electrons. The zero-order chi connectivity index (χ0) is 15.0. The van der Waals surface area contributed by atoms with Crippen molar-refractivity contribution in [2.75, 3.05) is 10.7 Å². The Morgan fingerprint density at radius 2 is 1.71 bits per heavy atom. The van der Waals surface area contributed by atoms with Crippen LogP contribution in [-0.4, -0.2) is 11.7 Å². The smallest absolute Gasteiger partial charge is 0.238 e. The summed E-state index contributed by atoms with van der Waals surface area (Å²) in [5.74, 6) is 0.714. The maximum atomic E-state index is 12.3. The number of hydrogen-bond donors (Lipinski definition) is 0. The fourth-order valence-corrected chi connectivity index (χ4v) is 4.11. The van der Waals surface area contributed by atoms with Gasteiger partial charge in [-0.05, 0) is 54.8 Å². The molecule has 0 unspecified atom stereocenters. The minimum atomic E-state index is 0.0619. The van der Waals surface area contributed by atoms with Crippen molar-refractivity contribution in [3.8, 4) is 0 Å². The Balaban J connectivity index is 2.01. The number of amides is 1. The summed E-state index contributed by atoms with van der Waals surface area (Å²) in [6, 6.07) is 14.5. The summed E-state index contributed by atoms with van der Waals surface area (Å²) < 4.78 is 1.05. The number of carbonyl (C=O) groups excluding carboxylic acids is 1. The molecule has 4 heteroatoms. The molecule has 0 saturated carbocycles. The average Bonchev–Trinajstić information content (AvgIpc) is 2.80. The van der Waals surface area contributed by atoms with Crippen LogP contribution in [0.1, 0.15) is 22.1 Å². The zero-order valence-corrected chi connectivity index (χ0v) is 14.4. The highest BCUT2D eigenvalue weighted by molar-refractivity contribution is 9.10. The van der Waals surface area contributed by atoms with Gasteiger partial charge in [0.1, 0.15) is 5.37 Å². The van der Waals surface area contributed by atoms with Gasteiger partial charge in [-0.2, -0.15) is 0 Å². The van der Waals surface area contributed by atoms with Crippen LogP contribution in [0.2, 0.25) is 0 Å². The Bertz CT molecular complexity index is 663. The Morgan fingerprint density at radius 1 is 1.10 bits per heavy atom. The van der Waals surface area contributed by atoms with Crippen molar-refractivity contribution >= 4 is 39.3 Å². The van der Waals surface area contributed by atoms with Gasteiger partial charge >= 0.3 is 0 Å². The summed E-state index contributed by atoms with van der Waals surface area (Å²) in [4.78, 5) is 14.3. The minimum Gasteiger partial charge on any atom is -0.295 e. The first-order valence-corrected chi connectivity index (χ1v) is 8.66. The Labute approximate surface area is 137 Å². The van der Waals surface area contributed by atoms with Crippen molar-refractivity contribution in [2.24, 2.45) is 0 Å². The van der Waals surface area contributed by atoms with Gasteiger partial charge in [-0.15, -0.1) is 11.8 Å². The van der Waals surface area contributed by atoms with E-state index in [1.54, 1.807) is 11.8 Å². The van der Waals surface area contributed by atoms with Gasteiger partial charge in [0.05, 0.1) is 5.75 Å². The van der Waals surface area contributed by atoms with Crippen molar-refractivity contribution in [2.45, 2.75) is 19.2 Å². The van der Waals surface area contributed by atoms with E-state index in [4.69, 9.17) is 0 Å². The quantitative estimate of drug-likeness (QED) is 0.762. The van der Waals surface area contributed by atoms with Gasteiger partial charge < -0.3 is 0 Å². The highest BCUT2D eigenvalue weighted by atomic mass is 79.9. The molecule has 3 rings (SSSR count). The highest BCUT2D eigenvalue weighted by Crippen LogP contribution is 2.42. The number of nitrogens with zero attached hydrogens (tertiary/aromatic N) is 1. The topological polar surface area (TPSA) is 20.3 Å². The second-order valence-corrected chi connectivity index (χ2v) is 7.31. The maximum Gasteiger partial charge on any atom is 0.238 e.